The van der Waals surface area contributed by atoms with Gasteiger partial charge in [-0.05, 0) is 63.1 Å². The van der Waals surface area contributed by atoms with Crippen molar-refractivity contribution in [3.63, 3.8) is 0 Å². The number of benzene rings is 3. The number of amides is 2. The van der Waals surface area contributed by atoms with Gasteiger partial charge in [-0.2, -0.15) is 0 Å². The number of likely N-dealkylation sites (N-methyl/N-ethyl adjacent to an activating group) is 1. The summed E-state index contributed by atoms with van der Waals surface area (Å²) in [4.78, 5) is 28.0. The molecule has 0 aliphatic rings. The first kappa shape index (κ1) is 26.9. The van der Waals surface area contributed by atoms with Crippen LogP contribution in [0.15, 0.2) is 83.8 Å². The van der Waals surface area contributed by atoms with Crippen LogP contribution in [0.3, 0.4) is 0 Å². The lowest BCUT2D eigenvalue weighted by molar-refractivity contribution is -0.139. The minimum Gasteiger partial charge on any atom is -0.355 e. The number of aryl methyl sites for hydroxylation is 2. The molecule has 7 nitrogen and oxygen atoms in total. The summed E-state index contributed by atoms with van der Waals surface area (Å²) >= 11 is 0. The summed E-state index contributed by atoms with van der Waals surface area (Å²) in [5, 5.41) is 2.76. The van der Waals surface area contributed by atoms with Crippen LogP contribution in [0.25, 0.3) is 0 Å². The van der Waals surface area contributed by atoms with Crippen LogP contribution >= 0.6 is 0 Å². The van der Waals surface area contributed by atoms with E-state index >= 15 is 0 Å². The third kappa shape index (κ3) is 6.31. The fourth-order valence-corrected chi connectivity index (χ4v) is 5.27. The number of hydrogen-bond acceptors (Lipinski definition) is 4. The van der Waals surface area contributed by atoms with Gasteiger partial charge in [0.2, 0.25) is 11.8 Å². The number of nitrogens with one attached hydrogen (secondary N) is 1. The quantitative estimate of drug-likeness (QED) is 0.449. The molecule has 2 amide bonds. The van der Waals surface area contributed by atoms with Crippen LogP contribution in [0, 0.1) is 13.8 Å². The lowest BCUT2D eigenvalue weighted by Crippen LogP contribution is -2.51. The molecular formula is C28H33N3O4S. The van der Waals surface area contributed by atoms with E-state index in [1.54, 1.807) is 49.4 Å². The summed E-state index contributed by atoms with van der Waals surface area (Å²) in [6.45, 7) is 7.46. The number of sulfonamides is 1. The zero-order valence-corrected chi connectivity index (χ0v) is 22.0. The van der Waals surface area contributed by atoms with Crippen molar-refractivity contribution < 1.29 is 18.0 Å². The molecule has 3 aromatic carbocycles. The molecule has 1 N–H and O–H groups in total. The van der Waals surface area contributed by atoms with E-state index in [1.807, 2.05) is 45.0 Å². The average molecular weight is 508 g/mol. The molecule has 0 aliphatic heterocycles. The lowest BCUT2D eigenvalue weighted by atomic mass is 10.1. The van der Waals surface area contributed by atoms with Gasteiger partial charge in [-0.15, -0.1) is 0 Å². The first-order valence-corrected chi connectivity index (χ1v) is 13.3. The average Bonchev–Trinajstić information content (AvgIpc) is 2.87. The molecule has 0 aliphatic carbocycles. The fourth-order valence-electron chi connectivity index (χ4n) is 3.84. The molecule has 0 saturated carbocycles. The predicted octanol–water partition coefficient (Wildman–Crippen LogP) is 4.05. The molecule has 0 aromatic heterocycles. The highest BCUT2D eigenvalue weighted by atomic mass is 32.2. The Bertz CT molecular complexity index is 1290. The Morgan fingerprint density at radius 1 is 0.889 bits per heavy atom. The van der Waals surface area contributed by atoms with Gasteiger partial charge in [0.05, 0.1) is 10.6 Å². The van der Waals surface area contributed by atoms with Gasteiger partial charge in [-0.1, -0.05) is 60.2 Å². The third-order valence-electron chi connectivity index (χ3n) is 6.05. The number of hydrogen-bond donors (Lipinski definition) is 1. The smallest absolute Gasteiger partial charge is 0.264 e. The van der Waals surface area contributed by atoms with Gasteiger partial charge in [0.25, 0.3) is 10.0 Å². The lowest BCUT2D eigenvalue weighted by Gasteiger charge is -2.32. The predicted molar refractivity (Wildman–Crippen MR) is 142 cm³/mol. The Morgan fingerprint density at radius 2 is 1.50 bits per heavy atom. The van der Waals surface area contributed by atoms with Crippen molar-refractivity contribution >= 4 is 27.5 Å². The number of carbonyl (C=O) groups is 2. The van der Waals surface area contributed by atoms with Crippen LogP contribution in [0.2, 0.25) is 0 Å². The zero-order chi connectivity index (χ0) is 26.3. The Hall–Kier alpha value is -3.65. The van der Waals surface area contributed by atoms with E-state index in [2.05, 4.69) is 5.32 Å². The Balaban J connectivity index is 2.02. The number of rotatable bonds is 10. The number of anilines is 1. The number of carbonyl (C=O) groups excluding carboxylic acids is 2. The highest BCUT2D eigenvalue weighted by molar-refractivity contribution is 7.92. The van der Waals surface area contributed by atoms with Gasteiger partial charge in [0, 0.05) is 13.1 Å². The largest absolute Gasteiger partial charge is 0.355 e. The van der Waals surface area contributed by atoms with E-state index in [-0.39, 0.29) is 17.3 Å². The van der Waals surface area contributed by atoms with Crippen molar-refractivity contribution in [1.29, 1.82) is 0 Å². The molecule has 0 radical (unpaired) electrons. The molecule has 3 aromatic rings. The second-order valence-electron chi connectivity index (χ2n) is 8.68. The normalized spacial score (nSPS) is 12.0. The van der Waals surface area contributed by atoms with Crippen LogP contribution in [0.4, 0.5) is 5.69 Å². The van der Waals surface area contributed by atoms with Crippen LogP contribution in [0.1, 0.15) is 30.5 Å². The summed E-state index contributed by atoms with van der Waals surface area (Å²) in [5.41, 5.74) is 3.20. The summed E-state index contributed by atoms with van der Waals surface area (Å²) < 4.78 is 28.5. The van der Waals surface area contributed by atoms with E-state index in [0.717, 1.165) is 21.0 Å². The zero-order valence-electron chi connectivity index (χ0n) is 21.1. The molecule has 0 heterocycles. The fraction of sp³-hybridized carbons (Fsp3) is 0.286. The summed E-state index contributed by atoms with van der Waals surface area (Å²) in [5.74, 6) is -0.774. The topological polar surface area (TPSA) is 86.8 Å². The van der Waals surface area contributed by atoms with Gasteiger partial charge < -0.3 is 10.2 Å². The molecule has 190 valence electrons. The highest BCUT2D eigenvalue weighted by Gasteiger charge is 2.32. The summed E-state index contributed by atoms with van der Waals surface area (Å²) in [6.07, 6.45) is 0. The van der Waals surface area contributed by atoms with E-state index in [0.29, 0.717) is 12.2 Å². The maximum absolute atomic E-state index is 13.8. The van der Waals surface area contributed by atoms with Gasteiger partial charge in [-0.25, -0.2) is 8.42 Å². The van der Waals surface area contributed by atoms with Crippen LogP contribution < -0.4 is 9.62 Å². The highest BCUT2D eigenvalue weighted by Crippen LogP contribution is 2.25. The molecule has 0 fully saturated rings. The molecule has 1 atom stereocenters. The summed E-state index contributed by atoms with van der Waals surface area (Å²) in [6, 6.07) is 21.8. The molecule has 0 saturated heterocycles. The van der Waals surface area contributed by atoms with Gasteiger partial charge in [0.15, 0.2) is 0 Å². The molecule has 3 rings (SSSR count). The van der Waals surface area contributed by atoms with E-state index in [4.69, 9.17) is 0 Å². The second-order valence-corrected chi connectivity index (χ2v) is 10.5. The minimum atomic E-state index is -4.05. The van der Waals surface area contributed by atoms with E-state index in [9.17, 15) is 18.0 Å². The van der Waals surface area contributed by atoms with Crippen LogP contribution in [-0.4, -0.2) is 44.3 Å². The van der Waals surface area contributed by atoms with Crippen molar-refractivity contribution in [1.82, 2.24) is 10.2 Å². The van der Waals surface area contributed by atoms with Crippen molar-refractivity contribution in [3.05, 3.63) is 95.6 Å². The SMILES string of the molecule is CCNC(=O)[C@@H](C)N(Cc1ccccc1C)C(=O)CN(c1ccc(C)cc1)S(=O)(=O)c1ccccc1. The Kier molecular flexibility index (Phi) is 8.88. The molecule has 8 heteroatoms. The molecule has 0 unspecified atom stereocenters. The maximum atomic E-state index is 13.8. The summed E-state index contributed by atoms with van der Waals surface area (Å²) in [7, 11) is -4.05. The van der Waals surface area contributed by atoms with Crippen molar-refractivity contribution in [2.24, 2.45) is 0 Å². The first-order valence-electron chi connectivity index (χ1n) is 11.9. The number of nitrogens with zero attached hydrogens (tertiary/aromatic N) is 2. The maximum Gasteiger partial charge on any atom is 0.264 e. The first-order chi connectivity index (χ1) is 17.1. The van der Waals surface area contributed by atoms with E-state index in [1.165, 1.54) is 17.0 Å². The second kappa shape index (κ2) is 11.9. The third-order valence-corrected chi connectivity index (χ3v) is 7.84. The monoisotopic (exact) mass is 507 g/mol. The van der Waals surface area contributed by atoms with Crippen molar-refractivity contribution in [3.8, 4) is 0 Å². The van der Waals surface area contributed by atoms with E-state index < -0.39 is 28.5 Å². The molecule has 36 heavy (non-hydrogen) atoms. The van der Waals surface area contributed by atoms with Crippen LogP contribution in [0.5, 0.6) is 0 Å². The van der Waals surface area contributed by atoms with Gasteiger partial charge in [0.1, 0.15) is 12.6 Å². The van der Waals surface area contributed by atoms with Crippen LogP contribution in [-0.2, 0) is 26.2 Å². The van der Waals surface area contributed by atoms with Crippen molar-refractivity contribution in [2.45, 2.75) is 45.2 Å². The van der Waals surface area contributed by atoms with Crippen molar-refractivity contribution in [2.75, 3.05) is 17.4 Å². The Labute approximate surface area is 213 Å². The Morgan fingerprint density at radius 3 is 2.11 bits per heavy atom. The van der Waals surface area contributed by atoms with Gasteiger partial charge >= 0.3 is 0 Å². The minimum absolute atomic E-state index is 0.0839. The molecule has 0 bridgehead atoms. The van der Waals surface area contributed by atoms with Gasteiger partial charge in [-0.3, -0.25) is 13.9 Å². The molecule has 0 spiro atoms. The molecular weight excluding hydrogens is 474 g/mol. The standard InChI is InChI=1S/C28H33N3O4S/c1-5-29-28(33)23(4)30(19-24-12-10-9-11-22(24)3)27(32)20-31(25-17-15-21(2)16-18-25)36(34,35)26-13-7-6-8-14-26/h6-18,23H,5,19-20H2,1-4H3,(H,29,33)/t23-/m1/s1.